The molecule has 13 heteroatoms. The second-order valence-corrected chi connectivity index (χ2v) is 19.6. The Bertz CT molecular complexity index is 2010. The molecule has 0 spiro atoms. The third-order valence-corrected chi connectivity index (χ3v) is 14.5. The van der Waals surface area contributed by atoms with E-state index in [-0.39, 0.29) is 42.5 Å². The molecule has 2 aliphatic heterocycles. The summed E-state index contributed by atoms with van der Waals surface area (Å²) in [5, 5.41) is 30.1. The summed E-state index contributed by atoms with van der Waals surface area (Å²) in [4.78, 5) is 41.7. The van der Waals surface area contributed by atoms with Crippen LogP contribution in [0, 0.1) is 29.1 Å². The number of hydroxylamine groups is 2. The number of ether oxygens (including phenoxy) is 2. The predicted molar refractivity (Wildman–Crippen MR) is 246 cm³/mol. The van der Waals surface area contributed by atoms with Gasteiger partial charge in [-0.2, -0.15) is 5.06 Å². The maximum absolute atomic E-state index is 14.6. The Labute approximate surface area is 375 Å². The lowest BCUT2D eigenvalue weighted by Gasteiger charge is -2.62. The van der Waals surface area contributed by atoms with Crippen LogP contribution in [0.2, 0.25) is 0 Å². The average molecular weight is 869 g/mol. The van der Waals surface area contributed by atoms with Crippen molar-refractivity contribution in [1.29, 1.82) is 0 Å². The van der Waals surface area contributed by atoms with Crippen molar-refractivity contribution in [2.45, 2.75) is 83.8 Å². The standard InChI is InChI=1S/C50H72N6O7/c1-32-42-27-38(50(42,3)4)28-43(32)52-49(60)46-45(33(2)58)44(31-57)63-56(46)29-35-15-12-16-41(47(35)62-22-19-55-17-20-61-21-18-55)36-24-37(26-40(25-36)54(7)8)48(59)51-39(30-53(5)6)23-34-13-10-9-11-14-34/h9-16,24-26,32-33,38-39,42-46,57-58H,17-23,27-31H2,1-8H3,(H,51,59)(H,52,60)/t32?,33?,38-,39+,42+,43+,44?,45-,46+/m1/s1. The van der Waals surface area contributed by atoms with Gasteiger partial charge in [0.2, 0.25) is 5.91 Å². The highest BCUT2D eigenvalue weighted by Gasteiger charge is 2.57. The quantitative estimate of drug-likeness (QED) is 0.142. The lowest BCUT2D eigenvalue weighted by Crippen LogP contribution is -2.62. The van der Waals surface area contributed by atoms with Gasteiger partial charge in [-0.1, -0.05) is 69.3 Å². The highest BCUT2D eigenvalue weighted by Crippen LogP contribution is 2.61. The molecule has 3 aliphatic carbocycles. The Hall–Kier alpha value is -4.08. The summed E-state index contributed by atoms with van der Waals surface area (Å²) >= 11 is 0. The molecule has 0 aromatic heterocycles. The van der Waals surface area contributed by atoms with E-state index in [0.29, 0.717) is 68.4 Å². The molecule has 3 aromatic rings. The van der Waals surface area contributed by atoms with Crippen molar-refractivity contribution in [3.05, 3.63) is 83.4 Å². The van der Waals surface area contributed by atoms with E-state index >= 15 is 0 Å². The van der Waals surface area contributed by atoms with Gasteiger partial charge in [-0.3, -0.25) is 19.3 Å². The molecule has 2 amide bonds. The third kappa shape index (κ3) is 10.7. The minimum absolute atomic E-state index is 0.0215. The van der Waals surface area contributed by atoms with Crippen LogP contribution < -0.4 is 20.3 Å². The third-order valence-electron chi connectivity index (χ3n) is 14.5. The van der Waals surface area contributed by atoms with E-state index in [0.717, 1.165) is 47.5 Å². The number of nitrogens with one attached hydrogen (secondary N) is 2. The molecule has 8 rings (SSSR count). The molecular formula is C50H72N6O7. The molecular weight excluding hydrogens is 797 g/mol. The number of amides is 2. The fourth-order valence-electron chi connectivity index (χ4n) is 10.8. The predicted octanol–water partition coefficient (Wildman–Crippen LogP) is 4.69. The summed E-state index contributed by atoms with van der Waals surface area (Å²) in [6.45, 7) is 13.2. The fraction of sp³-hybridized carbons (Fsp3) is 0.600. The van der Waals surface area contributed by atoms with Crippen LogP contribution in [0.25, 0.3) is 11.1 Å². The van der Waals surface area contributed by atoms with E-state index in [1.165, 1.54) is 6.42 Å². The number of aliphatic hydroxyl groups is 2. The number of benzene rings is 3. The second-order valence-electron chi connectivity index (χ2n) is 19.6. The Morgan fingerprint density at radius 2 is 1.75 bits per heavy atom. The van der Waals surface area contributed by atoms with Crippen molar-refractivity contribution < 1.29 is 34.1 Å². The number of anilines is 1. The number of aliphatic hydroxyl groups excluding tert-OH is 2. The highest BCUT2D eigenvalue weighted by atomic mass is 16.7. The fourth-order valence-corrected chi connectivity index (χ4v) is 10.8. The maximum Gasteiger partial charge on any atom is 0.251 e. The minimum Gasteiger partial charge on any atom is -0.491 e. The van der Waals surface area contributed by atoms with Crippen molar-refractivity contribution in [3.63, 3.8) is 0 Å². The highest BCUT2D eigenvalue weighted by molar-refractivity contribution is 5.97. The Morgan fingerprint density at radius 1 is 1.00 bits per heavy atom. The summed E-state index contributed by atoms with van der Waals surface area (Å²) < 4.78 is 12.4. The van der Waals surface area contributed by atoms with Crippen molar-refractivity contribution >= 4 is 17.5 Å². The summed E-state index contributed by atoms with van der Waals surface area (Å²) in [6.07, 6.45) is 1.12. The van der Waals surface area contributed by atoms with E-state index in [9.17, 15) is 19.8 Å². The molecule has 2 saturated heterocycles. The van der Waals surface area contributed by atoms with E-state index < -0.39 is 24.2 Å². The molecule has 4 N–H and O–H groups in total. The van der Waals surface area contributed by atoms with Gasteiger partial charge in [-0.05, 0) is 92.8 Å². The van der Waals surface area contributed by atoms with Crippen LogP contribution in [0.15, 0.2) is 66.7 Å². The van der Waals surface area contributed by atoms with Crippen LogP contribution >= 0.6 is 0 Å². The monoisotopic (exact) mass is 869 g/mol. The molecule has 2 heterocycles. The van der Waals surface area contributed by atoms with Gasteiger partial charge in [0.1, 0.15) is 24.5 Å². The van der Waals surface area contributed by atoms with Gasteiger partial charge in [0.05, 0.1) is 32.5 Å². The van der Waals surface area contributed by atoms with Crippen molar-refractivity contribution in [1.82, 2.24) is 25.5 Å². The van der Waals surface area contributed by atoms with Gasteiger partial charge in [-0.15, -0.1) is 0 Å². The molecule has 63 heavy (non-hydrogen) atoms. The molecule has 0 radical (unpaired) electrons. The summed E-state index contributed by atoms with van der Waals surface area (Å²) in [5.41, 5.74) is 5.19. The zero-order chi connectivity index (χ0) is 45.0. The normalized spacial score (nSPS) is 26.7. The Morgan fingerprint density at radius 3 is 2.40 bits per heavy atom. The zero-order valence-corrected chi connectivity index (χ0v) is 38.8. The van der Waals surface area contributed by atoms with Gasteiger partial charge in [-0.25, -0.2) is 0 Å². The van der Waals surface area contributed by atoms with Crippen LogP contribution in [0.5, 0.6) is 5.75 Å². The smallest absolute Gasteiger partial charge is 0.251 e. The SMILES string of the molecule is CC(O)[C@@H]1C(CO)ON(Cc2cccc(-c3cc(C(=O)N[C@@H](Cc4ccccc4)CN(C)C)cc(N(C)C)c3)c2OCCN2CCOCC2)[C@@H]1C(=O)N[C@H]1C[C@H]2C[C@@H](C1C)C2(C)C. The molecule has 13 nitrogen and oxygen atoms in total. The number of morpholine rings is 1. The average Bonchev–Trinajstić information content (AvgIpc) is 3.63. The van der Waals surface area contributed by atoms with Crippen LogP contribution in [-0.2, 0) is 27.3 Å². The molecule has 5 fully saturated rings. The summed E-state index contributed by atoms with van der Waals surface area (Å²) in [6, 6.07) is 21.1. The molecule has 3 aromatic carbocycles. The van der Waals surface area contributed by atoms with Crippen molar-refractivity contribution in [3.8, 4) is 16.9 Å². The van der Waals surface area contributed by atoms with Gasteiger partial charge >= 0.3 is 0 Å². The van der Waals surface area contributed by atoms with Gasteiger partial charge in [0, 0.05) is 80.7 Å². The number of rotatable bonds is 18. The summed E-state index contributed by atoms with van der Waals surface area (Å²) in [7, 11) is 7.95. The number of likely N-dealkylation sites (N-methyl/N-ethyl adjacent to an activating group) is 1. The Kier molecular flexibility index (Phi) is 15.2. The number of hydrogen-bond acceptors (Lipinski definition) is 11. The molecule has 2 bridgehead atoms. The second kappa shape index (κ2) is 20.4. The largest absolute Gasteiger partial charge is 0.491 e. The topological polar surface area (TPSA) is 139 Å². The van der Waals surface area contributed by atoms with Crippen molar-refractivity contribution in [2.75, 3.05) is 85.7 Å². The van der Waals surface area contributed by atoms with Crippen LogP contribution in [0.3, 0.4) is 0 Å². The first-order valence-electron chi connectivity index (χ1n) is 23.0. The van der Waals surface area contributed by atoms with Crippen LogP contribution in [0.4, 0.5) is 5.69 Å². The van der Waals surface area contributed by atoms with Crippen molar-refractivity contribution in [2.24, 2.45) is 29.1 Å². The number of fused-ring (bicyclic) bond motifs is 2. The van der Waals surface area contributed by atoms with Crippen LogP contribution in [0.1, 0.15) is 62.0 Å². The van der Waals surface area contributed by atoms with E-state index in [1.807, 2.05) is 81.6 Å². The number of hydrogen-bond donors (Lipinski definition) is 4. The first-order chi connectivity index (χ1) is 30.1. The van der Waals surface area contributed by atoms with E-state index in [1.54, 1.807) is 12.0 Å². The Balaban J connectivity index is 1.21. The number of carbonyl (C=O) groups excluding carboxylic acids is 2. The molecule has 9 atom stereocenters. The lowest BCUT2D eigenvalue weighted by atomic mass is 9.45. The molecule has 344 valence electrons. The first kappa shape index (κ1) is 46.9. The lowest BCUT2D eigenvalue weighted by molar-refractivity contribution is -0.183. The van der Waals surface area contributed by atoms with Gasteiger partial charge in [0.25, 0.3) is 5.91 Å². The number of para-hydroxylation sites is 1. The molecule has 3 saturated carbocycles. The van der Waals surface area contributed by atoms with E-state index in [2.05, 4.69) is 59.4 Å². The summed E-state index contributed by atoms with van der Waals surface area (Å²) in [5.74, 6) is 1.01. The van der Waals surface area contributed by atoms with Gasteiger partial charge < -0.3 is 40.1 Å². The zero-order valence-electron chi connectivity index (χ0n) is 38.8. The molecule has 3 unspecified atom stereocenters. The molecule has 5 aliphatic rings. The first-order valence-corrected chi connectivity index (χ1v) is 23.0. The van der Waals surface area contributed by atoms with Gasteiger partial charge in [0.15, 0.2) is 0 Å². The van der Waals surface area contributed by atoms with Crippen LogP contribution in [-0.4, -0.2) is 148 Å². The number of nitrogens with zero attached hydrogens (tertiary/aromatic N) is 4. The maximum atomic E-state index is 14.6. The van der Waals surface area contributed by atoms with E-state index in [4.69, 9.17) is 14.3 Å². The number of carbonyl (C=O) groups is 2. The minimum atomic E-state index is -0.919.